The molecule has 0 aliphatic carbocycles. The maximum absolute atomic E-state index is 5.84. The highest BCUT2D eigenvalue weighted by molar-refractivity contribution is 5.32. The number of hydrogen-bond donors (Lipinski definition) is 2. The minimum absolute atomic E-state index is 0.0482. The average Bonchev–Trinajstić information content (AvgIpc) is 2.35. The lowest BCUT2D eigenvalue weighted by Gasteiger charge is -2.35. The van der Waals surface area contributed by atoms with Crippen LogP contribution in [0, 0.1) is 13.8 Å². The highest BCUT2D eigenvalue weighted by Gasteiger charge is 2.27. The third-order valence-corrected chi connectivity index (χ3v) is 3.74. The van der Waals surface area contributed by atoms with Crippen LogP contribution in [0.2, 0.25) is 0 Å². The quantitative estimate of drug-likeness (QED) is 0.623. The molecule has 1 aliphatic rings. The maximum atomic E-state index is 5.84. The Labute approximate surface area is 109 Å². The number of morpholine rings is 1. The summed E-state index contributed by atoms with van der Waals surface area (Å²) in [6.45, 7) is 6.90. The van der Waals surface area contributed by atoms with E-state index in [1.54, 1.807) is 0 Å². The maximum Gasteiger partial charge on any atom is 0.0909 e. The van der Waals surface area contributed by atoms with Crippen molar-refractivity contribution in [2.24, 2.45) is 5.84 Å². The van der Waals surface area contributed by atoms with Crippen LogP contribution in [0.1, 0.15) is 22.7 Å². The van der Waals surface area contributed by atoms with Crippen LogP contribution in [0.3, 0.4) is 0 Å². The van der Waals surface area contributed by atoms with Crippen LogP contribution in [-0.2, 0) is 4.74 Å². The summed E-state index contributed by atoms with van der Waals surface area (Å²) in [6, 6.07) is 6.51. The van der Waals surface area contributed by atoms with Gasteiger partial charge < -0.3 is 9.64 Å². The van der Waals surface area contributed by atoms with Crippen molar-refractivity contribution in [1.29, 1.82) is 0 Å². The van der Waals surface area contributed by atoms with Gasteiger partial charge in [-0.05, 0) is 37.6 Å². The minimum atomic E-state index is 0.0482. The summed E-state index contributed by atoms with van der Waals surface area (Å²) in [5, 5.41) is 0. The van der Waals surface area contributed by atoms with Gasteiger partial charge >= 0.3 is 0 Å². The van der Waals surface area contributed by atoms with E-state index in [-0.39, 0.29) is 12.1 Å². The Kier molecular flexibility index (Phi) is 4.35. The van der Waals surface area contributed by atoms with Crippen molar-refractivity contribution in [3.05, 3.63) is 34.9 Å². The monoisotopic (exact) mass is 249 g/mol. The molecule has 0 amide bonds. The Morgan fingerprint density at radius 2 is 2.17 bits per heavy atom. The molecule has 1 heterocycles. The predicted molar refractivity (Wildman–Crippen MR) is 73.2 cm³/mol. The average molecular weight is 249 g/mol. The molecule has 0 bridgehead atoms. The fourth-order valence-corrected chi connectivity index (χ4v) is 2.39. The van der Waals surface area contributed by atoms with E-state index in [1.807, 2.05) is 0 Å². The molecule has 2 unspecified atom stereocenters. The number of hydrogen-bond acceptors (Lipinski definition) is 4. The topological polar surface area (TPSA) is 50.5 Å². The lowest BCUT2D eigenvalue weighted by Crippen LogP contribution is -2.48. The SMILES string of the molecule is Cc1ccc(C(NN)C2CN(C)CCO2)cc1C. The first-order chi connectivity index (χ1) is 8.61. The number of aryl methyl sites for hydroxylation is 2. The summed E-state index contributed by atoms with van der Waals surface area (Å²) in [5.41, 5.74) is 6.69. The van der Waals surface area contributed by atoms with Gasteiger partial charge in [-0.3, -0.25) is 11.3 Å². The van der Waals surface area contributed by atoms with Gasteiger partial charge in [-0.25, -0.2) is 0 Å². The van der Waals surface area contributed by atoms with E-state index in [1.165, 1.54) is 16.7 Å². The fraction of sp³-hybridized carbons (Fsp3) is 0.571. The molecule has 3 N–H and O–H groups in total. The molecule has 1 saturated heterocycles. The van der Waals surface area contributed by atoms with Gasteiger partial charge in [0.15, 0.2) is 0 Å². The fourth-order valence-electron chi connectivity index (χ4n) is 2.39. The van der Waals surface area contributed by atoms with E-state index >= 15 is 0 Å². The van der Waals surface area contributed by atoms with Crippen LogP contribution in [-0.4, -0.2) is 37.7 Å². The van der Waals surface area contributed by atoms with Crippen molar-refractivity contribution in [3.8, 4) is 0 Å². The normalized spacial score (nSPS) is 23.0. The third-order valence-electron chi connectivity index (χ3n) is 3.74. The van der Waals surface area contributed by atoms with E-state index < -0.39 is 0 Å². The molecule has 18 heavy (non-hydrogen) atoms. The second kappa shape index (κ2) is 5.80. The largest absolute Gasteiger partial charge is 0.374 e. The summed E-state index contributed by atoms with van der Waals surface area (Å²) in [5.74, 6) is 5.72. The van der Waals surface area contributed by atoms with Gasteiger partial charge in [0, 0.05) is 13.1 Å². The predicted octanol–water partition coefficient (Wildman–Crippen LogP) is 1.14. The Hall–Kier alpha value is -0.940. The molecule has 2 rings (SSSR count). The Morgan fingerprint density at radius 1 is 1.39 bits per heavy atom. The van der Waals surface area contributed by atoms with Gasteiger partial charge in [-0.15, -0.1) is 0 Å². The van der Waals surface area contributed by atoms with Crippen molar-refractivity contribution in [1.82, 2.24) is 10.3 Å². The number of nitrogens with two attached hydrogens (primary N) is 1. The second-order valence-corrected chi connectivity index (χ2v) is 5.16. The van der Waals surface area contributed by atoms with E-state index in [0.29, 0.717) is 0 Å². The summed E-state index contributed by atoms with van der Waals surface area (Å²) in [6.07, 6.45) is 0.107. The number of hydrazine groups is 1. The van der Waals surface area contributed by atoms with Gasteiger partial charge in [0.1, 0.15) is 0 Å². The van der Waals surface area contributed by atoms with Gasteiger partial charge in [0.05, 0.1) is 18.8 Å². The molecule has 2 atom stereocenters. The molecule has 1 aliphatic heterocycles. The summed E-state index contributed by atoms with van der Waals surface area (Å²) in [7, 11) is 2.11. The molecule has 100 valence electrons. The highest BCUT2D eigenvalue weighted by atomic mass is 16.5. The smallest absolute Gasteiger partial charge is 0.0909 e. The molecule has 0 spiro atoms. The zero-order valence-corrected chi connectivity index (χ0v) is 11.4. The number of nitrogens with one attached hydrogen (secondary N) is 1. The van der Waals surface area contributed by atoms with Crippen molar-refractivity contribution in [2.75, 3.05) is 26.7 Å². The molecule has 1 fully saturated rings. The van der Waals surface area contributed by atoms with Crippen LogP contribution in [0.15, 0.2) is 18.2 Å². The van der Waals surface area contributed by atoms with E-state index in [2.05, 4.69) is 49.4 Å². The molecule has 0 aromatic heterocycles. The number of benzene rings is 1. The molecule has 4 nitrogen and oxygen atoms in total. The highest BCUT2D eigenvalue weighted by Crippen LogP contribution is 2.23. The van der Waals surface area contributed by atoms with Crippen LogP contribution in [0.5, 0.6) is 0 Å². The first-order valence-corrected chi connectivity index (χ1v) is 6.45. The van der Waals surface area contributed by atoms with Gasteiger partial charge in [0.25, 0.3) is 0 Å². The Bertz CT molecular complexity index is 408. The zero-order valence-electron chi connectivity index (χ0n) is 11.4. The molecule has 0 saturated carbocycles. The summed E-state index contributed by atoms with van der Waals surface area (Å²) in [4.78, 5) is 2.28. The summed E-state index contributed by atoms with van der Waals surface area (Å²) < 4.78 is 5.84. The molecular weight excluding hydrogens is 226 g/mol. The Morgan fingerprint density at radius 3 is 2.78 bits per heavy atom. The second-order valence-electron chi connectivity index (χ2n) is 5.16. The molecule has 4 heteroatoms. The van der Waals surface area contributed by atoms with Gasteiger partial charge in [-0.1, -0.05) is 18.2 Å². The number of rotatable bonds is 3. The van der Waals surface area contributed by atoms with Crippen LogP contribution in [0.25, 0.3) is 0 Å². The lowest BCUT2D eigenvalue weighted by atomic mass is 9.97. The molecule has 1 aromatic carbocycles. The molecular formula is C14H23N3O. The van der Waals surface area contributed by atoms with E-state index in [4.69, 9.17) is 10.6 Å². The Balaban J connectivity index is 2.18. The molecule has 1 aromatic rings. The van der Waals surface area contributed by atoms with Gasteiger partial charge in [-0.2, -0.15) is 0 Å². The number of likely N-dealkylation sites (N-methyl/N-ethyl adjacent to an activating group) is 1. The lowest BCUT2D eigenvalue weighted by molar-refractivity contribution is -0.0393. The zero-order chi connectivity index (χ0) is 13.1. The van der Waals surface area contributed by atoms with Crippen molar-refractivity contribution >= 4 is 0 Å². The van der Waals surface area contributed by atoms with Crippen molar-refractivity contribution in [2.45, 2.75) is 26.0 Å². The minimum Gasteiger partial charge on any atom is -0.374 e. The first kappa shape index (κ1) is 13.5. The van der Waals surface area contributed by atoms with Crippen LogP contribution >= 0.6 is 0 Å². The first-order valence-electron chi connectivity index (χ1n) is 6.45. The van der Waals surface area contributed by atoms with Crippen molar-refractivity contribution < 1.29 is 4.74 Å². The van der Waals surface area contributed by atoms with E-state index in [0.717, 1.165) is 19.7 Å². The molecule has 0 radical (unpaired) electrons. The van der Waals surface area contributed by atoms with Crippen molar-refractivity contribution in [3.63, 3.8) is 0 Å². The van der Waals surface area contributed by atoms with Crippen LogP contribution < -0.4 is 11.3 Å². The van der Waals surface area contributed by atoms with Gasteiger partial charge in [0.2, 0.25) is 0 Å². The van der Waals surface area contributed by atoms with E-state index in [9.17, 15) is 0 Å². The summed E-state index contributed by atoms with van der Waals surface area (Å²) >= 11 is 0. The third kappa shape index (κ3) is 2.90. The van der Waals surface area contributed by atoms with Crippen LogP contribution in [0.4, 0.5) is 0 Å². The standard InChI is InChI=1S/C14H23N3O/c1-10-4-5-12(8-11(10)2)14(16-15)13-9-17(3)6-7-18-13/h4-5,8,13-14,16H,6-7,9,15H2,1-3H3. The number of ether oxygens (including phenoxy) is 1. The number of nitrogens with zero attached hydrogens (tertiary/aromatic N) is 1.